The molecule has 0 radical (unpaired) electrons. The fraction of sp³-hybridized carbons (Fsp3) is 0.429. The molecule has 1 fully saturated rings. The molecule has 0 unspecified atom stereocenters. The first kappa shape index (κ1) is 13.5. The maximum Gasteiger partial charge on any atom is 0.257 e. The number of carbonyl (C=O) groups excluding carboxylic acids is 1. The smallest absolute Gasteiger partial charge is 0.257 e. The van der Waals surface area contributed by atoms with Crippen LogP contribution in [-0.4, -0.2) is 37.1 Å². The molecule has 2 N–H and O–H groups in total. The average molecular weight is 286 g/mol. The van der Waals surface area contributed by atoms with E-state index in [-0.39, 0.29) is 11.9 Å². The number of carbonyl (C=O) groups is 1. The van der Waals surface area contributed by atoms with E-state index in [1.807, 2.05) is 11.8 Å². The van der Waals surface area contributed by atoms with Gasteiger partial charge in [0, 0.05) is 25.9 Å². The van der Waals surface area contributed by atoms with Gasteiger partial charge in [-0.25, -0.2) is 9.97 Å². The largest absolute Gasteiger partial charge is 0.384 e. The molecule has 3 rings (SSSR count). The highest BCUT2D eigenvalue weighted by molar-refractivity contribution is 5.94. The van der Waals surface area contributed by atoms with Crippen LogP contribution in [0.4, 0.5) is 5.82 Å². The summed E-state index contributed by atoms with van der Waals surface area (Å²) in [5, 5.41) is 4.06. The molecule has 1 aliphatic rings. The summed E-state index contributed by atoms with van der Waals surface area (Å²) < 4.78 is 1.63. The molecule has 3 heterocycles. The second-order valence-corrected chi connectivity index (χ2v) is 5.32. The van der Waals surface area contributed by atoms with Gasteiger partial charge in [-0.1, -0.05) is 0 Å². The summed E-state index contributed by atoms with van der Waals surface area (Å²) in [6.45, 7) is 2.53. The lowest BCUT2D eigenvalue weighted by Crippen LogP contribution is -2.31. The van der Waals surface area contributed by atoms with Crippen molar-refractivity contribution in [2.45, 2.75) is 25.8 Å². The Hall–Kier alpha value is -2.44. The third-order valence-electron chi connectivity index (χ3n) is 3.68. The Kier molecular flexibility index (Phi) is 3.32. The van der Waals surface area contributed by atoms with E-state index < -0.39 is 0 Å². The normalized spacial score (nSPS) is 18.2. The third kappa shape index (κ3) is 2.58. The minimum absolute atomic E-state index is 0.0135. The zero-order valence-electron chi connectivity index (χ0n) is 12.2. The molecule has 0 saturated carbocycles. The topological polar surface area (TPSA) is 89.9 Å². The second kappa shape index (κ2) is 5.16. The van der Waals surface area contributed by atoms with Crippen molar-refractivity contribution in [1.82, 2.24) is 24.6 Å². The third-order valence-corrected chi connectivity index (χ3v) is 3.68. The van der Waals surface area contributed by atoms with E-state index in [1.165, 1.54) is 0 Å². The zero-order chi connectivity index (χ0) is 15.0. The van der Waals surface area contributed by atoms with Gasteiger partial charge in [0.25, 0.3) is 5.91 Å². The van der Waals surface area contributed by atoms with E-state index in [0.29, 0.717) is 17.2 Å². The van der Waals surface area contributed by atoms with Crippen LogP contribution in [0.1, 0.15) is 40.8 Å². The Balaban J connectivity index is 1.90. The Bertz CT molecular complexity index is 660. The molecule has 7 nitrogen and oxygen atoms in total. The van der Waals surface area contributed by atoms with Crippen molar-refractivity contribution >= 4 is 11.7 Å². The van der Waals surface area contributed by atoms with Gasteiger partial charge in [-0.3, -0.25) is 9.48 Å². The van der Waals surface area contributed by atoms with Crippen LogP contribution in [0.3, 0.4) is 0 Å². The van der Waals surface area contributed by atoms with Gasteiger partial charge in [0.2, 0.25) is 0 Å². The van der Waals surface area contributed by atoms with Crippen molar-refractivity contribution in [2.75, 3.05) is 12.3 Å². The summed E-state index contributed by atoms with van der Waals surface area (Å²) in [5.74, 6) is 1.06. The van der Waals surface area contributed by atoms with Crippen molar-refractivity contribution in [3.63, 3.8) is 0 Å². The molecule has 1 amide bonds. The number of nitrogens with zero attached hydrogens (tertiary/aromatic N) is 5. The molecule has 0 aromatic carbocycles. The first-order chi connectivity index (χ1) is 10.0. The van der Waals surface area contributed by atoms with Crippen LogP contribution in [0.15, 0.2) is 18.5 Å². The highest BCUT2D eigenvalue weighted by atomic mass is 16.2. The number of hydrogen-bond donors (Lipinski definition) is 1. The first-order valence-electron chi connectivity index (χ1n) is 6.95. The monoisotopic (exact) mass is 286 g/mol. The second-order valence-electron chi connectivity index (χ2n) is 5.32. The van der Waals surface area contributed by atoms with Gasteiger partial charge in [0.1, 0.15) is 11.6 Å². The van der Waals surface area contributed by atoms with Gasteiger partial charge >= 0.3 is 0 Å². The number of likely N-dealkylation sites (tertiary alicyclic amines) is 1. The van der Waals surface area contributed by atoms with E-state index in [1.54, 1.807) is 30.2 Å². The average Bonchev–Trinajstić information content (AvgIpc) is 3.05. The molecular formula is C14H18N6O. The quantitative estimate of drug-likeness (QED) is 0.892. The van der Waals surface area contributed by atoms with E-state index in [9.17, 15) is 4.79 Å². The van der Waals surface area contributed by atoms with Crippen molar-refractivity contribution < 1.29 is 4.79 Å². The lowest BCUT2D eigenvalue weighted by atomic mass is 10.1. The number of amides is 1. The van der Waals surface area contributed by atoms with Crippen molar-refractivity contribution in [2.24, 2.45) is 7.05 Å². The lowest BCUT2D eigenvalue weighted by molar-refractivity contribution is 0.0732. The lowest BCUT2D eigenvalue weighted by Gasteiger charge is -2.24. The highest BCUT2D eigenvalue weighted by Crippen LogP contribution is 2.32. The van der Waals surface area contributed by atoms with E-state index >= 15 is 0 Å². The molecule has 0 bridgehead atoms. The van der Waals surface area contributed by atoms with E-state index in [2.05, 4.69) is 15.1 Å². The molecule has 2 aromatic rings. The maximum atomic E-state index is 12.6. The number of anilines is 1. The molecule has 1 saturated heterocycles. The van der Waals surface area contributed by atoms with Crippen LogP contribution in [0.2, 0.25) is 0 Å². The molecule has 0 aliphatic carbocycles. The van der Waals surface area contributed by atoms with Crippen LogP contribution in [0.5, 0.6) is 0 Å². The summed E-state index contributed by atoms with van der Waals surface area (Å²) in [5.41, 5.74) is 7.21. The van der Waals surface area contributed by atoms with Gasteiger partial charge in [-0.05, 0) is 19.8 Å². The maximum absolute atomic E-state index is 12.6. The van der Waals surface area contributed by atoms with Gasteiger partial charge in [-0.2, -0.15) is 5.10 Å². The summed E-state index contributed by atoms with van der Waals surface area (Å²) in [6.07, 6.45) is 5.18. The van der Waals surface area contributed by atoms with E-state index in [4.69, 9.17) is 5.73 Å². The number of aryl methyl sites for hydroxylation is 2. The number of aromatic nitrogens is 4. The van der Waals surface area contributed by atoms with E-state index in [0.717, 1.165) is 25.1 Å². The Morgan fingerprint density at radius 1 is 1.43 bits per heavy atom. The molecular weight excluding hydrogens is 268 g/mol. The molecule has 7 heteroatoms. The minimum atomic E-state index is -0.0401. The van der Waals surface area contributed by atoms with Crippen molar-refractivity contribution in [3.05, 3.63) is 35.5 Å². The Labute approximate surface area is 122 Å². The molecule has 1 atom stereocenters. The Morgan fingerprint density at radius 3 is 2.90 bits per heavy atom. The first-order valence-corrected chi connectivity index (χ1v) is 6.95. The number of rotatable bonds is 2. The van der Waals surface area contributed by atoms with Crippen LogP contribution in [0, 0.1) is 6.92 Å². The fourth-order valence-electron chi connectivity index (χ4n) is 2.80. The summed E-state index contributed by atoms with van der Waals surface area (Å²) in [7, 11) is 1.80. The molecule has 2 aromatic heterocycles. The van der Waals surface area contributed by atoms with Crippen LogP contribution >= 0.6 is 0 Å². The van der Waals surface area contributed by atoms with Crippen LogP contribution in [-0.2, 0) is 7.05 Å². The summed E-state index contributed by atoms with van der Waals surface area (Å²) in [4.78, 5) is 23.0. The minimum Gasteiger partial charge on any atom is -0.384 e. The number of hydrogen-bond acceptors (Lipinski definition) is 5. The predicted octanol–water partition coefficient (Wildman–Crippen LogP) is 1.08. The predicted molar refractivity (Wildman–Crippen MR) is 77.4 cm³/mol. The molecule has 110 valence electrons. The van der Waals surface area contributed by atoms with Gasteiger partial charge < -0.3 is 10.6 Å². The van der Waals surface area contributed by atoms with Crippen molar-refractivity contribution in [1.29, 1.82) is 0 Å². The Morgan fingerprint density at radius 2 is 2.24 bits per heavy atom. The molecule has 1 aliphatic heterocycles. The molecule has 21 heavy (non-hydrogen) atoms. The van der Waals surface area contributed by atoms with Crippen LogP contribution < -0.4 is 5.73 Å². The summed E-state index contributed by atoms with van der Waals surface area (Å²) >= 11 is 0. The number of nitrogen functional groups attached to an aromatic ring is 1. The van der Waals surface area contributed by atoms with Gasteiger partial charge in [-0.15, -0.1) is 0 Å². The summed E-state index contributed by atoms with van der Waals surface area (Å²) in [6, 6.07) is 1.72. The number of nitrogens with two attached hydrogens (primary N) is 1. The molecule has 0 spiro atoms. The zero-order valence-corrected chi connectivity index (χ0v) is 12.2. The SMILES string of the molecule is Cc1nc(N)cc([C@@H]2CCCN2C(=O)c2cnn(C)c2)n1. The van der Waals surface area contributed by atoms with Crippen molar-refractivity contribution in [3.8, 4) is 0 Å². The van der Waals surface area contributed by atoms with Crippen LogP contribution in [0.25, 0.3) is 0 Å². The fourth-order valence-corrected chi connectivity index (χ4v) is 2.80. The van der Waals surface area contributed by atoms with Gasteiger partial charge in [0.05, 0.1) is 23.5 Å². The van der Waals surface area contributed by atoms with Gasteiger partial charge in [0.15, 0.2) is 0 Å². The highest BCUT2D eigenvalue weighted by Gasteiger charge is 2.32. The standard InChI is InChI=1S/C14H18N6O/c1-9-17-11(6-13(15)18-9)12-4-3-5-20(12)14(21)10-7-16-19(2)8-10/h6-8,12H,3-5H2,1-2H3,(H2,15,17,18)/t12-/m0/s1.